The molecule has 0 heterocycles. The molecule has 0 aliphatic heterocycles. The van der Waals surface area contributed by atoms with Gasteiger partial charge in [0.15, 0.2) is 0 Å². The Morgan fingerprint density at radius 2 is 1.75 bits per heavy atom. The van der Waals surface area contributed by atoms with Crippen molar-refractivity contribution >= 4 is 23.2 Å². The number of rotatable bonds is 5. The van der Waals surface area contributed by atoms with Crippen molar-refractivity contribution in [3.05, 3.63) is 64.7 Å². The molecule has 0 radical (unpaired) electrons. The van der Waals surface area contributed by atoms with E-state index in [9.17, 15) is 18.0 Å². The van der Waals surface area contributed by atoms with Gasteiger partial charge >= 0.3 is 6.18 Å². The highest BCUT2D eigenvalue weighted by Gasteiger charge is 2.29. The van der Waals surface area contributed by atoms with Crippen molar-refractivity contribution in [1.82, 2.24) is 4.90 Å². The van der Waals surface area contributed by atoms with Gasteiger partial charge < -0.3 is 10.2 Å². The molecular weight excluding hydrogens is 341 g/mol. The first-order chi connectivity index (χ1) is 11.3. The second-order valence-electron chi connectivity index (χ2n) is 5.28. The fourth-order valence-electron chi connectivity index (χ4n) is 2.07. The third-order valence-corrected chi connectivity index (χ3v) is 3.76. The van der Waals surface area contributed by atoms with E-state index in [1.807, 2.05) is 0 Å². The summed E-state index contributed by atoms with van der Waals surface area (Å²) in [6.07, 6.45) is -4.36. The van der Waals surface area contributed by atoms with E-state index in [0.29, 0.717) is 16.3 Å². The van der Waals surface area contributed by atoms with E-state index in [1.165, 1.54) is 17.0 Å². The van der Waals surface area contributed by atoms with Crippen LogP contribution in [-0.4, -0.2) is 24.4 Å². The Hall–Kier alpha value is -2.21. The van der Waals surface area contributed by atoms with Crippen LogP contribution >= 0.6 is 11.6 Å². The number of carbonyl (C=O) groups excluding carboxylic acids is 1. The normalized spacial score (nSPS) is 11.2. The molecule has 0 aliphatic rings. The van der Waals surface area contributed by atoms with Crippen molar-refractivity contribution in [2.24, 2.45) is 0 Å². The highest BCUT2D eigenvalue weighted by molar-refractivity contribution is 6.33. The van der Waals surface area contributed by atoms with Crippen molar-refractivity contribution in [3.8, 4) is 0 Å². The molecule has 0 spiro atoms. The minimum absolute atomic E-state index is 0.0425. The van der Waals surface area contributed by atoms with Gasteiger partial charge in [0.25, 0.3) is 0 Å². The van der Waals surface area contributed by atoms with Crippen LogP contribution in [0.5, 0.6) is 0 Å². The van der Waals surface area contributed by atoms with Gasteiger partial charge in [-0.1, -0.05) is 35.9 Å². The Kier molecular flexibility index (Phi) is 5.72. The summed E-state index contributed by atoms with van der Waals surface area (Å²) >= 11 is 5.99. The molecule has 0 aliphatic carbocycles. The molecule has 0 atom stereocenters. The second-order valence-corrected chi connectivity index (χ2v) is 5.69. The molecule has 0 saturated carbocycles. The van der Waals surface area contributed by atoms with E-state index < -0.39 is 11.7 Å². The number of nitrogens with one attached hydrogen (secondary N) is 1. The zero-order chi connectivity index (χ0) is 17.7. The molecule has 7 heteroatoms. The number of anilines is 1. The van der Waals surface area contributed by atoms with Crippen LogP contribution in [0.15, 0.2) is 48.5 Å². The van der Waals surface area contributed by atoms with E-state index in [4.69, 9.17) is 11.6 Å². The Morgan fingerprint density at radius 1 is 1.12 bits per heavy atom. The zero-order valence-corrected chi connectivity index (χ0v) is 13.7. The van der Waals surface area contributed by atoms with Gasteiger partial charge in [-0.05, 0) is 29.8 Å². The summed E-state index contributed by atoms with van der Waals surface area (Å²) in [5, 5.41) is 3.45. The quantitative estimate of drug-likeness (QED) is 0.859. The Balaban J connectivity index is 1.91. The molecule has 0 unspecified atom stereocenters. The number of hydrogen-bond acceptors (Lipinski definition) is 2. The third-order valence-electron chi connectivity index (χ3n) is 3.43. The predicted octanol–water partition coefficient (Wildman–Crippen LogP) is 4.43. The van der Waals surface area contributed by atoms with Crippen LogP contribution in [-0.2, 0) is 17.5 Å². The fraction of sp³-hybridized carbons (Fsp3) is 0.235. The van der Waals surface area contributed by atoms with Gasteiger partial charge in [-0.3, -0.25) is 4.79 Å². The van der Waals surface area contributed by atoms with Gasteiger partial charge in [-0.15, -0.1) is 0 Å². The number of halogens is 4. The molecule has 128 valence electrons. The van der Waals surface area contributed by atoms with Crippen molar-refractivity contribution in [3.63, 3.8) is 0 Å². The number of carbonyl (C=O) groups is 1. The Bertz CT molecular complexity index is 702. The number of nitrogens with zero attached hydrogens (tertiary/aromatic N) is 1. The summed E-state index contributed by atoms with van der Waals surface area (Å²) < 4.78 is 37.6. The minimum Gasteiger partial charge on any atom is -0.375 e. The third kappa shape index (κ3) is 4.89. The summed E-state index contributed by atoms with van der Waals surface area (Å²) in [6.45, 7) is 0.266. The Labute approximate surface area is 143 Å². The maximum Gasteiger partial charge on any atom is 0.416 e. The Morgan fingerprint density at radius 3 is 2.33 bits per heavy atom. The first kappa shape index (κ1) is 18.1. The van der Waals surface area contributed by atoms with Gasteiger partial charge in [0, 0.05) is 13.6 Å². The van der Waals surface area contributed by atoms with Crippen molar-refractivity contribution in [1.29, 1.82) is 0 Å². The lowest BCUT2D eigenvalue weighted by atomic mass is 10.1. The molecule has 2 aromatic rings. The van der Waals surface area contributed by atoms with Gasteiger partial charge in [0.1, 0.15) is 0 Å². The SMILES string of the molecule is CN(Cc1ccc(C(F)(F)F)cc1)C(=O)CNc1ccccc1Cl. The maximum absolute atomic E-state index is 12.5. The molecule has 2 aromatic carbocycles. The number of likely N-dealkylation sites (N-methyl/N-ethyl adjacent to an activating group) is 1. The summed E-state index contributed by atoms with van der Waals surface area (Å²) in [4.78, 5) is 13.5. The number of amides is 1. The van der Waals surface area contributed by atoms with Crippen molar-refractivity contribution in [2.45, 2.75) is 12.7 Å². The van der Waals surface area contributed by atoms with Crippen molar-refractivity contribution in [2.75, 3.05) is 18.9 Å². The molecule has 0 aromatic heterocycles. The monoisotopic (exact) mass is 356 g/mol. The van der Waals surface area contributed by atoms with E-state index in [2.05, 4.69) is 5.32 Å². The van der Waals surface area contributed by atoms with E-state index >= 15 is 0 Å². The average Bonchev–Trinajstić information content (AvgIpc) is 2.53. The molecule has 0 fully saturated rings. The zero-order valence-electron chi connectivity index (χ0n) is 12.9. The van der Waals surface area contributed by atoms with Crippen LogP contribution in [0.3, 0.4) is 0 Å². The molecule has 2 rings (SSSR count). The summed E-state index contributed by atoms with van der Waals surface area (Å²) in [5.41, 5.74) is 0.563. The maximum atomic E-state index is 12.5. The van der Waals surface area contributed by atoms with Crippen LogP contribution in [0.4, 0.5) is 18.9 Å². The summed E-state index contributed by atoms with van der Waals surface area (Å²) in [5.74, 6) is -0.199. The first-order valence-electron chi connectivity index (χ1n) is 7.16. The number of benzene rings is 2. The lowest BCUT2D eigenvalue weighted by Crippen LogP contribution is -2.31. The van der Waals surface area contributed by atoms with Crippen LogP contribution in [0.25, 0.3) is 0 Å². The van der Waals surface area contributed by atoms with Crippen LogP contribution in [0, 0.1) is 0 Å². The van der Waals surface area contributed by atoms with Crippen LogP contribution < -0.4 is 5.32 Å². The number of alkyl halides is 3. The highest BCUT2D eigenvalue weighted by atomic mass is 35.5. The number of para-hydroxylation sites is 1. The van der Waals surface area contributed by atoms with E-state index in [1.54, 1.807) is 31.3 Å². The molecule has 1 amide bonds. The number of hydrogen-bond donors (Lipinski definition) is 1. The lowest BCUT2D eigenvalue weighted by Gasteiger charge is -2.18. The predicted molar refractivity (Wildman–Crippen MR) is 87.9 cm³/mol. The molecular formula is C17H16ClF3N2O. The van der Waals surface area contributed by atoms with Gasteiger partial charge in [-0.2, -0.15) is 13.2 Å². The topological polar surface area (TPSA) is 32.3 Å². The van der Waals surface area contributed by atoms with E-state index in [0.717, 1.165) is 12.1 Å². The summed E-state index contributed by atoms with van der Waals surface area (Å²) in [6, 6.07) is 11.8. The molecule has 3 nitrogen and oxygen atoms in total. The lowest BCUT2D eigenvalue weighted by molar-refractivity contribution is -0.137. The highest BCUT2D eigenvalue weighted by Crippen LogP contribution is 2.29. The first-order valence-corrected chi connectivity index (χ1v) is 7.53. The molecule has 24 heavy (non-hydrogen) atoms. The largest absolute Gasteiger partial charge is 0.416 e. The standard InChI is InChI=1S/C17H16ClF3N2O/c1-23(11-12-6-8-13(9-7-12)17(19,20)21)16(24)10-22-15-5-3-2-4-14(15)18/h2-9,22H,10-11H2,1H3. The average molecular weight is 357 g/mol. The fourth-order valence-corrected chi connectivity index (χ4v) is 2.27. The second kappa shape index (κ2) is 7.57. The van der Waals surface area contributed by atoms with Crippen LogP contribution in [0.1, 0.15) is 11.1 Å². The minimum atomic E-state index is -4.36. The molecule has 0 saturated heterocycles. The van der Waals surface area contributed by atoms with Gasteiger partial charge in [0.2, 0.25) is 5.91 Å². The van der Waals surface area contributed by atoms with Gasteiger partial charge in [0.05, 0.1) is 22.8 Å². The van der Waals surface area contributed by atoms with Gasteiger partial charge in [-0.25, -0.2) is 0 Å². The van der Waals surface area contributed by atoms with E-state index in [-0.39, 0.29) is 19.0 Å². The van der Waals surface area contributed by atoms with Crippen molar-refractivity contribution < 1.29 is 18.0 Å². The smallest absolute Gasteiger partial charge is 0.375 e. The molecule has 0 bridgehead atoms. The van der Waals surface area contributed by atoms with Crippen LogP contribution in [0.2, 0.25) is 5.02 Å². The summed E-state index contributed by atoms with van der Waals surface area (Å²) in [7, 11) is 1.59. The molecule has 1 N–H and O–H groups in total.